The van der Waals surface area contributed by atoms with Gasteiger partial charge in [0.2, 0.25) is 12.7 Å². The van der Waals surface area contributed by atoms with E-state index >= 15 is 0 Å². The first kappa shape index (κ1) is 31.4. The number of aliphatic hydroxyl groups is 1. The Hall–Kier alpha value is -6.21. The highest BCUT2D eigenvalue weighted by molar-refractivity contribution is 6.16. The zero-order valence-electron chi connectivity index (χ0n) is 26.5. The molecule has 13 nitrogen and oxygen atoms in total. The molecule has 0 atom stereocenters. The van der Waals surface area contributed by atoms with E-state index in [0.717, 1.165) is 21.1 Å². The number of aryl methyl sites for hydroxylation is 1. The van der Waals surface area contributed by atoms with Crippen molar-refractivity contribution in [2.45, 2.75) is 19.4 Å². The summed E-state index contributed by atoms with van der Waals surface area (Å²) in [6.07, 6.45) is 1.84. The van der Waals surface area contributed by atoms with Crippen LogP contribution in [0.15, 0.2) is 77.6 Å². The molecule has 248 valence electrons. The Balaban J connectivity index is 1.14. The van der Waals surface area contributed by atoms with Crippen LogP contribution >= 0.6 is 0 Å². The Kier molecular flexibility index (Phi) is 7.96. The number of pyridine rings is 1. The summed E-state index contributed by atoms with van der Waals surface area (Å²) in [5.41, 5.74) is 1.30. The van der Waals surface area contributed by atoms with Crippen molar-refractivity contribution in [3.8, 4) is 17.2 Å². The van der Waals surface area contributed by atoms with Gasteiger partial charge in [-0.2, -0.15) is 0 Å². The molecule has 0 fully saturated rings. The number of ether oxygens (including phenoxy) is 3. The van der Waals surface area contributed by atoms with Crippen LogP contribution in [0.1, 0.15) is 18.4 Å². The van der Waals surface area contributed by atoms with Crippen LogP contribution in [-0.2, 0) is 28.0 Å². The number of hydrogen-bond donors (Lipinski definition) is 2. The van der Waals surface area contributed by atoms with Crippen LogP contribution < -0.4 is 30.0 Å². The summed E-state index contributed by atoms with van der Waals surface area (Å²) in [6.45, 7) is -0.247. The second-order valence-electron chi connectivity index (χ2n) is 11.7. The minimum Gasteiger partial charge on any atom is -0.454 e. The number of carbonyl (C=O) groups is 4. The third-order valence-electron chi connectivity index (χ3n) is 8.71. The van der Waals surface area contributed by atoms with Gasteiger partial charge in [-0.05, 0) is 53.6 Å². The van der Waals surface area contributed by atoms with Gasteiger partial charge in [-0.3, -0.25) is 29.0 Å². The fraction of sp³-hybridized carbons (Fsp3) is 0.194. The van der Waals surface area contributed by atoms with E-state index in [1.54, 1.807) is 37.4 Å². The van der Waals surface area contributed by atoms with Crippen LogP contribution in [0.2, 0.25) is 0 Å². The summed E-state index contributed by atoms with van der Waals surface area (Å²) < 4.78 is 18.4. The van der Waals surface area contributed by atoms with Gasteiger partial charge in [0.05, 0.1) is 28.9 Å². The number of amides is 4. The normalized spacial score (nSPS) is 13.6. The maximum atomic E-state index is 13.8. The smallest absolute Gasteiger partial charge is 0.419 e. The maximum absolute atomic E-state index is 13.8. The predicted molar refractivity (Wildman–Crippen MR) is 181 cm³/mol. The van der Waals surface area contributed by atoms with Crippen LogP contribution in [0, 0.1) is 0 Å². The Bertz CT molecular complexity index is 2310. The second-order valence-corrected chi connectivity index (χ2v) is 11.7. The van der Waals surface area contributed by atoms with E-state index in [0.29, 0.717) is 44.7 Å². The lowest BCUT2D eigenvalue weighted by Gasteiger charge is -2.21. The molecule has 4 aromatic carbocycles. The van der Waals surface area contributed by atoms with Gasteiger partial charge in [0.25, 0.3) is 17.4 Å². The molecular formula is C36H30N4O9. The van der Waals surface area contributed by atoms with Crippen molar-refractivity contribution >= 4 is 67.6 Å². The van der Waals surface area contributed by atoms with Crippen LogP contribution in [0.4, 0.5) is 16.2 Å². The molecule has 0 saturated carbocycles. The Morgan fingerprint density at radius 2 is 1.65 bits per heavy atom. The number of anilines is 2. The lowest BCUT2D eigenvalue weighted by Crippen LogP contribution is -2.32. The molecule has 7 rings (SSSR count). The van der Waals surface area contributed by atoms with Crippen molar-refractivity contribution in [2.24, 2.45) is 7.05 Å². The molecule has 1 aromatic heterocycles. The zero-order valence-corrected chi connectivity index (χ0v) is 26.5. The van der Waals surface area contributed by atoms with Gasteiger partial charge in [-0.1, -0.05) is 24.3 Å². The van der Waals surface area contributed by atoms with Gasteiger partial charge < -0.3 is 29.2 Å². The minimum absolute atomic E-state index is 0.00877. The molecule has 0 aliphatic carbocycles. The van der Waals surface area contributed by atoms with Gasteiger partial charge >= 0.3 is 6.09 Å². The summed E-state index contributed by atoms with van der Waals surface area (Å²) in [6, 6.07) is 17.3. The number of aliphatic hydroxyl groups excluding tert-OH is 1. The summed E-state index contributed by atoms with van der Waals surface area (Å²) in [5.74, 6) is 0.0202. The quantitative estimate of drug-likeness (QED) is 0.182. The SMILES string of the molecule is CN(C(=O)Oc1cc2c(=O)n(C)c3c4cc5c(cc4ccc3c2cc1CO)OCO5)c1ccccc1NC(=O)CCCN1C(=O)C=CC1=O. The number of nitrogens with zero attached hydrogens (tertiary/aromatic N) is 3. The molecule has 3 heterocycles. The highest BCUT2D eigenvalue weighted by atomic mass is 16.7. The molecule has 4 amide bonds. The average molecular weight is 663 g/mol. The monoisotopic (exact) mass is 662 g/mol. The topological polar surface area (TPSA) is 157 Å². The maximum Gasteiger partial charge on any atom is 0.419 e. The number of nitrogens with one attached hydrogen (secondary N) is 1. The number of rotatable bonds is 8. The lowest BCUT2D eigenvalue weighted by molar-refractivity contribution is -0.137. The molecule has 0 radical (unpaired) electrons. The van der Waals surface area contributed by atoms with Gasteiger partial charge in [-0.15, -0.1) is 0 Å². The first-order valence-electron chi connectivity index (χ1n) is 15.4. The molecule has 0 unspecified atom stereocenters. The van der Waals surface area contributed by atoms with Crippen LogP contribution in [0.3, 0.4) is 0 Å². The van der Waals surface area contributed by atoms with Crippen molar-refractivity contribution in [3.63, 3.8) is 0 Å². The molecule has 49 heavy (non-hydrogen) atoms. The van der Waals surface area contributed by atoms with E-state index in [1.807, 2.05) is 24.3 Å². The third kappa shape index (κ3) is 5.59. The van der Waals surface area contributed by atoms with Gasteiger partial charge in [0.15, 0.2) is 11.5 Å². The number of carbonyl (C=O) groups excluding carboxylic acids is 4. The molecule has 2 N–H and O–H groups in total. The van der Waals surface area contributed by atoms with E-state index in [2.05, 4.69) is 5.32 Å². The molecule has 5 aromatic rings. The van der Waals surface area contributed by atoms with Crippen molar-refractivity contribution in [1.82, 2.24) is 9.47 Å². The van der Waals surface area contributed by atoms with E-state index in [4.69, 9.17) is 14.2 Å². The van der Waals surface area contributed by atoms with Gasteiger partial charge in [0, 0.05) is 55.5 Å². The zero-order chi connectivity index (χ0) is 34.4. The molecule has 2 aliphatic heterocycles. The second kappa shape index (κ2) is 12.4. The van der Waals surface area contributed by atoms with Crippen molar-refractivity contribution in [1.29, 1.82) is 0 Å². The third-order valence-corrected chi connectivity index (χ3v) is 8.71. The van der Waals surface area contributed by atoms with E-state index < -0.39 is 24.5 Å². The highest BCUT2D eigenvalue weighted by Crippen LogP contribution is 2.40. The summed E-state index contributed by atoms with van der Waals surface area (Å²) >= 11 is 0. The standard InChI is InChI=1S/C36H30N4O9/c1-38(27-7-4-3-6-26(27)37-31(42)8-5-13-40-32(43)11-12-33(40)44)36(46)49-28-17-25-24(14-21(28)18-41)22-10-9-20-15-29-30(48-19-47-29)16-23(20)34(22)39(2)35(25)45/h3-4,6-7,9-12,14-17,41H,5,8,13,18-19H2,1-2H3,(H,37,42). The van der Waals surface area contributed by atoms with E-state index in [-0.39, 0.29) is 43.4 Å². The van der Waals surface area contributed by atoms with Crippen molar-refractivity contribution < 1.29 is 38.5 Å². The number of fused-ring (bicyclic) bond motifs is 6. The Morgan fingerprint density at radius 1 is 0.918 bits per heavy atom. The van der Waals surface area contributed by atoms with Crippen molar-refractivity contribution in [2.75, 3.05) is 30.6 Å². The first-order chi connectivity index (χ1) is 23.6. The molecule has 0 saturated heterocycles. The molecule has 2 aliphatic rings. The van der Waals surface area contributed by atoms with Gasteiger partial charge in [-0.25, -0.2) is 4.79 Å². The van der Waals surface area contributed by atoms with Crippen molar-refractivity contribution in [3.05, 3.63) is 88.7 Å². The minimum atomic E-state index is -0.825. The molecular weight excluding hydrogens is 632 g/mol. The highest BCUT2D eigenvalue weighted by Gasteiger charge is 2.24. The number of benzene rings is 4. The molecule has 13 heteroatoms. The number of para-hydroxylation sites is 2. The number of imide groups is 1. The fourth-order valence-corrected chi connectivity index (χ4v) is 6.20. The molecule has 0 spiro atoms. The Labute approximate surface area is 278 Å². The van der Waals surface area contributed by atoms with E-state index in [9.17, 15) is 29.1 Å². The summed E-state index contributed by atoms with van der Waals surface area (Å²) in [7, 11) is 3.13. The average Bonchev–Trinajstić information content (AvgIpc) is 3.70. The van der Waals surface area contributed by atoms with E-state index in [1.165, 1.54) is 34.7 Å². The first-order valence-corrected chi connectivity index (χ1v) is 15.4. The van der Waals surface area contributed by atoms with Crippen LogP contribution in [0.5, 0.6) is 17.2 Å². The van der Waals surface area contributed by atoms with Gasteiger partial charge in [0.1, 0.15) is 5.75 Å². The fourth-order valence-electron chi connectivity index (χ4n) is 6.20. The largest absolute Gasteiger partial charge is 0.454 e. The predicted octanol–water partition coefficient (Wildman–Crippen LogP) is 4.34. The Morgan fingerprint density at radius 3 is 2.41 bits per heavy atom. The lowest BCUT2D eigenvalue weighted by atomic mass is 9.99. The summed E-state index contributed by atoms with van der Waals surface area (Å²) in [5, 5.41) is 16.4. The van der Waals surface area contributed by atoms with Crippen LogP contribution in [-0.4, -0.2) is 58.8 Å². The molecule has 0 bridgehead atoms. The summed E-state index contributed by atoms with van der Waals surface area (Å²) in [4.78, 5) is 65.8. The van der Waals surface area contributed by atoms with Crippen LogP contribution in [0.25, 0.3) is 32.4 Å². The number of hydrogen-bond acceptors (Lipinski definition) is 9. The number of aromatic nitrogens is 1.